The fourth-order valence-electron chi connectivity index (χ4n) is 5.31. The number of likely N-dealkylation sites (tertiary alicyclic amines) is 1. The number of ether oxygens (including phenoxy) is 3. The first-order chi connectivity index (χ1) is 19.5. The van der Waals surface area contributed by atoms with Crippen LogP contribution in [-0.4, -0.2) is 46.4 Å². The lowest BCUT2D eigenvalue weighted by Gasteiger charge is -2.33. The molecule has 0 saturated carbocycles. The Bertz CT molecular complexity index is 1540. The van der Waals surface area contributed by atoms with Crippen molar-refractivity contribution in [3.05, 3.63) is 87.9 Å². The van der Waals surface area contributed by atoms with Gasteiger partial charge in [0.15, 0.2) is 11.6 Å². The minimum Gasteiger partial charge on any atom is -0.484 e. The number of rotatable bonds is 9. The Hall–Kier alpha value is -3.38. The van der Waals surface area contributed by atoms with Gasteiger partial charge in [0.05, 0.1) is 11.8 Å². The summed E-state index contributed by atoms with van der Waals surface area (Å²) in [5.74, 6) is 2.64. The molecule has 4 aromatic rings. The summed E-state index contributed by atoms with van der Waals surface area (Å²) < 4.78 is 35.3. The SMILES string of the molecule is C#Cc1ccc(OCc2cccc(OC3CCN(Cc4cc5ccc(Br)cc5n4CC4CCO4)CC3)n2)c(F)c1. The van der Waals surface area contributed by atoms with Gasteiger partial charge in [0, 0.05) is 60.1 Å². The molecule has 4 heterocycles. The van der Waals surface area contributed by atoms with E-state index >= 15 is 0 Å². The molecule has 0 N–H and O–H groups in total. The zero-order valence-electron chi connectivity index (χ0n) is 22.2. The van der Waals surface area contributed by atoms with Crippen molar-refractivity contribution in [1.29, 1.82) is 0 Å². The highest BCUT2D eigenvalue weighted by atomic mass is 79.9. The molecule has 8 heteroatoms. The second-order valence-electron chi connectivity index (χ2n) is 10.4. The Morgan fingerprint density at radius 3 is 2.67 bits per heavy atom. The van der Waals surface area contributed by atoms with Crippen LogP contribution in [0.15, 0.2) is 65.1 Å². The first kappa shape index (κ1) is 26.8. The maximum absolute atomic E-state index is 14.2. The molecular formula is C32H31BrFN3O3. The highest BCUT2D eigenvalue weighted by Gasteiger charge is 2.25. The van der Waals surface area contributed by atoms with E-state index in [2.05, 4.69) is 60.6 Å². The minimum absolute atomic E-state index is 0.0962. The van der Waals surface area contributed by atoms with Crippen LogP contribution in [-0.2, 0) is 24.4 Å². The van der Waals surface area contributed by atoms with E-state index in [0.717, 1.165) is 56.5 Å². The lowest BCUT2D eigenvalue weighted by Crippen LogP contribution is -2.38. The first-order valence-corrected chi connectivity index (χ1v) is 14.5. The Kier molecular flexibility index (Phi) is 8.05. The summed E-state index contributed by atoms with van der Waals surface area (Å²) in [6, 6.07) is 18.9. The molecule has 6 nitrogen and oxygen atoms in total. The molecule has 1 unspecified atom stereocenters. The monoisotopic (exact) mass is 603 g/mol. The highest BCUT2D eigenvalue weighted by molar-refractivity contribution is 9.10. The van der Waals surface area contributed by atoms with Crippen LogP contribution in [0, 0.1) is 18.2 Å². The predicted molar refractivity (Wildman–Crippen MR) is 156 cm³/mol. The Morgan fingerprint density at radius 2 is 1.93 bits per heavy atom. The van der Waals surface area contributed by atoms with E-state index in [9.17, 15) is 4.39 Å². The zero-order valence-corrected chi connectivity index (χ0v) is 23.8. The molecule has 6 rings (SSSR count). The molecule has 2 aliphatic heterocycles. The molecule has 0 bridgehead atoms. The fraction of sp³-hybridized carbons (Fsp3) is 0.344. The Balaban J connectivity index is 1.04. The van der Waals surface area contributed by atoms with Crippen LogP contribution in [0.2, 0.25) is 0 Å². The summed E-state index contributed by atoms with van der Waals surface area (Å²) in [6.45, 7) is 4.69. The quantitative estimate of drug-likeness (QED) is 0.209. The van der Waals surface area contributed by atoms with Gasteiger partial charge in [-0.1, -0.05) is 34.0 Å². The standard InChI is InChI=1S/C32H31BrFN3O3/c1-2-22-6-9-31(29(34)16-22)39-21-25-4-3-5-32(35-25)40-27-10-13-36(14-11-27)19-26-17-23-7-8-24(33)18-30(23)37(26)20-28-12-15-38-28/h1,3-9,16-18,27-28H,10-15,19-21H2. The van der Waals surface area contributed by atoms with Crippen LogP contribution in [0.1, 0.15) is 36.2 Å². The molecule has 0 aliphatic carbocycles. The average molecular weight is 605 g/mol. The molecule has 2 aliphatic rings. The van der Waals surface area contributed by atoms with E-state index in [0.29, 0.717) is 23.2 Å². The zero-order chi connectivity index (χ0) is 27.5. The van der Waals surface area contributed by atoms with Crippen molar-refractivity contribution >= 4 is 26.8 Å². The summed E-state index contributed by atoms with van der Waals surface area (Å²) >= 11 is 3.63. The molecule has 2 aromatic carbocycles. The van der Waals surface area contributed by atoms with Gasteiger partial charge in [-0.3, -0.25) is 4.90 Å². The number of aromatic nitrogens is 2. The number of terminal acetylenes is 1. The van der Waals surface area contributed by atoms with E-state index < -0.39 is 5.82 Å². The first-order valence-electron chi connectivity index (χ1n) is 13.7. The largest absolute Gasteiger partial charge is 0.484 e. The number of piperidine rings is 1. The highest BCUT2D eigenvalue weighted by Crippen LogP contribution is 2.28. The van der Waals surface area contributed by atoms with Crippen LogP contribution in [0.25, 0.3) is 10.9 Å². The summed E-state index contributed by atoms with van der Waals surface area (Å²) in [5.41, 5.74) is 3.72. The molecule has 2 aromatic heterocycles. The van der Waals surface area contributed by atoms with Crippen molar-refractivity contribution in [3.8, 4) is 24.0 Å². The van der Waals surface area contributed by atoms with Crippen molar-refractivity contribution in [2.75, 3.05) is 19.7 Å². The van der Waals surface area contributed by atoms with Gasteiger partial charge in [-0.2, -0.15) is 0 Å². The predicted octanol–water partition coefficient (Wildman–Crippen LogP) is 6.33. The van der Waals surface area contributed by atoms with Gasteiger partial charge >= 0.3 is 0 Å². The lowest BCUT2D eigenvalue weighted by molar-refractivity contribution is -0.0591. The summed E-state index contributed by atoms with van der Waals surface area (Å²) in [6.07, 6.45) is 8.69. The molecule has 2 fully saturated rings. The van der Waals surface area contributed by atoms with Crippen LogP contribution >= 0.6 is 15.9 Å². The summed E-state index contributed by atoms with van der Waals surface area (Å²) in [7, 11) is 0. The van der Waals surface area contributed by atoms with Gasteiger partial charge in [-0.05, 0) is 67.1 Å². The Labute approximate surface area is 242 Å². The molecule has 2 saturated heterocycles. The average Bonchev–Trinajstić information content (AvgIpc) is 3.27. The fourth-order valence-corrected chi connectivity index (χ4v) is 5.66. The third kappa shape index (κ3) is 6.17. The van der Waals surface area contributed by atoms with Gasteiger partial charge in [-0.25, -0.2) is 9.37 Å². The van der Waals surface area contributed by atoms with Gasteiger partial charge < -0.3 is 18.8 Å². The van der Waals surface area contributed by atoms with Gasteiger partial charge in [0.1, 0.15) is 12.7 Å². The smallest absolute Gasteiger partial charge is 0.213 e. The third-order valence-electron chi connectivity index (χ3n) is 7.59. The van der Waals surface area contributed by atoms with Gasteiger partial charge in [-0.15, -0.1) is 6.42 Å². The molecule has 40 heavy (non-hydrogen) atoms. The third-order valence-corrected chi connectivity index (χ3v) is 8.09. The number of nitrogens with zero attached hydrogens (tertiary/aromatic N) is 3. The van der Waals surface area contributed by atoms with E-state index in [1.807, 2.05) is 18.2 Å². The number of halogens is 2. The minimum atomic E-state index is -0.487. The van der Waals surface area contributed by atoms with Crippen LogP contribution in [0.5, 0.6) is 11.6 Å². The molecule has 206 valence electrons. The summed E-state index contributed by atoms with van der Waals surface area (Å²) in [5, 5.41) is 1.26. The summed E-state index contributed by atoms with van der Waals surface area (Å²) in [4.78, 5) is 7.08. The van der Waals surface area contributed by atoms with E-state index in [-0.39, 0.29) is 18.5 Å². The van der Waals surface area contributed by atoms with Crippen LogP contribution < -0.4 is 9.47 Å². The lowest BCUT2D eigenvalue weighted by atomic mass is 10.1. The van der Waals surface area contributed by atoms with Crippen LogP contribution in [0.4, 0.5) is 4.39 Å². The van der Waals surface area contributed by atoms with Gasteiger partial charge in [0.2, 0.25) is 5.88 Å². The van der Waals surface area contributed by atoms with Crippen molar-refractivity contribution in [2.45, 2.75) is 51.2 Å². The second-order valence-corrected chi connectivity index (χ2v) is 11.3. The van der Waals surface area contributed by atoms with Crippen molar-refractivity contribution in [3.63, 3.8) is 0 Å². The number of fused-ring (bicyclic) bond motifs is 1. The topological polar surface area (TPSA) is 48.8 Å². The normalized spacial score (nSPS) is 17.9. The number of hydrogen-bond acceptors (Lipinski definition) is 5. The van der Waals surface area contributed by atoms with Crippen molar-refractivity contribution < 1.29 is 18.6 Å². The maximum atomic E-state index is 14.2. The van der Waals surface area contributed by atoms with Crippen molar-refractivity contribution in [1.82, 2.24) is 14.5 Å². The Morgan fingerprint density at radius 1 is 1.07 bits per heavy atom. The van der Waals surface area contributed by atoms with E-state index in [1.165, 1.54) is 28.7 Å². The number of benzene rings is 2. The van der Waals surface area contributed by atoms with Gasteiger partial charge in [0.25, 0.3) is 0 Å². The van der Waals surface area contributed by atoms with Crippen LogP contribution in [0.3, 0.4) is 0 Å². The maximum Gasteiger partial charge on any atom is 0.213 e. The van der Waals surface area contributed by atoms with E-state index in [1.54, 1.807) is 6.07 Å². The molecule has 1 atom stereocenters. The number of hydrogen-bond donors (Lipinski definition) is 0. The molecule has 0 radical (unpaired) electrons. The molecule has 0 spiro atoms. The van der Waals surface area contributed by atoms with Crippen molar-refractivity contribution in [2.24, 2.45) is 0 Å². The number of pyridine rings is 1. The molecule has 0 amide bonds. The molecular weight excluding hydrogens is 573 g/mol. The second kappa shape index (κ2) is 12.0. The van der Waals surface area contributed by atoms with E-state index in [4.69, 9.17) is 20.6 Å².